The molecule has 1 aliphatic heterocycles. The molecule has 1 saturated heterocycles. The summed E-state index contributed by atoms with van der Waals surface area (Å²) in [6.45, 7) is 1.55. The van der Waals surface area contributed by atoms with Gasteiger partial charge in [0.2, 0.25) is 0 Å². The fourth-order valence-corrected chi connectivity index (χ4v) is 3.91. The zero-order valence-electron chi connectivity index (χ0n) is 16.2. The van der Waals surface area contributed by atoms with Crippen LogP contribution in [-0.4, -0.2) is 46.6 Å². The molecule has 158 valence electrons. The highest BCUT2D eigenvalue weighted by molar-refractivity contribution is 5.54. The lowest BCUT2D eigenvalue weighted by Gasteiger charge is -2.35. The third kappa shape index (κ3) is 4.79. The minimum atomic E-state index is -4.71. The molecular weight excluding hydrogens is 400 g/mol. The fraction of sp³-hybridized carbons (Fsp3) is 0.333. The number of likely N-dealkylation sites (tertiary alicyclic amines) is 1. The SMILES string of the molecule is CN1CC(c2ccc(OC(F)(F)F)cc2)CC(c2nc(-c3cccc(F)c3)n[nH]2)C1. The number of aromatic nitrogens is 3. The molecule has 2 heterocycles. The second kappa shape index (κ2) is 8.06. The minimum Gasteiger partial charge on any atom is -0.406 e. The van der Waals surface area contributed by atoms with E-state index < -0.39 is 6.36 Å². The van der Waals surface area contributed by atoms with E-state index in [0.29, 0.717) is 17.2 Å². The van der Waals surface area contributed by atoms with Crippen LogP contribution in [0.2, 0.25) is 0 Å². The summed E-state index contributed by atoms with van der Waals surface area (Å²) < 4.78 is 54.5. The van der Waals surface area contributed by atoms with Gasteiger partial charge in [-0.1, -0.05) is 24.3 Å². The second-order valence-electron chi connectivity index (χ2n) is 7.52. The van der Waals surface area contributed by atoms with Crippen LogP contribution in [0, 0.1) is 5.82 Å². The van der Waals surface area contributed by atoms with Crippen molar-refractivity contribution in [1.29, 1.82) is 0 Å². The van der Waals surface area contributed by atoms with E-state index in [2.05, 4.69) is 24.8 Å². The van der Waals surface area contributed by atoms with Crippen LogP contribution in [0.1, 0.15) is 29.6 Å². The lowest BCUT2D eigenvalue weighted by Crippen LogP contribution is -2.36. The molecule has 0 amide bonds. The fourth-order valence-electron chi connectivity index (χ4n) is 3.91. The number of ether oxygens (including phenoxy) is 1. The first-order chi connectivity index (χ1) is 14.3. The normalized spacial score (nSPS) is 20.3. The highest BCUT2D eigenvalue weighted by Crippen LogP contribution is 2.35. The zero-order valence-corrected chi connectivity index (χ0v) is 16.2. The number of piperidine rings is 1. The molecule has 0 aliphatic carbocycles. The molecule has 1 aliphatic rings. The Morgan fingerprint density at radius 1 is 1.07 bits per heavy atom. The summed E-state index contributed by atoms with van der Waals surface area (Å²) in [4.78, 5) is 6.71. The van der Waals surface area contributed by atoms with Gasteiger partial charge in [0.1, 0.15) is 17.4 Å². The monoisotopic (exact) mass is 420 g/mol. The molecule has 4 rings (SSSR count). The predicted molar refractivity (Wildman–Crippen MR) is 102 cm³/mol. The van der Waals surface area contributed by atoms with Gasteiger partial charge in [-0.3, -0.25) is 5.10 Å². The number of H-pyrrole nitrogens is 1. The number of rotatable bonds is 4. The molecule has 2 aromatic carbocycles. The summed E-state index contributed by atoms with van der Waals surface area (Å²) in [7, 11) is 1.99. The summed E-state index contributed by atoms with van der Waals surface area (Å²) in [6.07, 6.45) is -3.94. The van der Waals surface area contributed by atoms with E-state index in [1.54, 1.807) is 24.3 Å². The van der Waals surface area contributed by atoms with Crippen LogP contribution >= 0.6 is 0 Å². The summed E-state index contributed by atoms with van der Waals surface area (Å²) in [5.41, 5.74) is 1.53. The smallest absolute Gasteiger partial charge is 0.406 e. The Labute approximate surface area is 170 Å². The molecule has 3 aromatic rings. The first-order valence-electron chi connectivity index (χ1n) is 9.49. The maximum Gasteiger partial charge on any atom is 0.573 e. The largest absolute Gasteiger partial charge is 0.573 e. The number of likely N-dealkylation sites (N-methyl/N-ethyl adjacent to an activating group) is 1. The quantitative estimate of drug-likeness (QED) is 0.621. The van der Waals surface area contributed by atoms with Gasteiger partial charge in [-0.2, -0.15) is 5.10 Å². The molecule has 1 fully saturated rings. The van der Waals surface area contributed by atoms with E-state index in [1.807, 2.05) is 7.05 Å². The molecule has 1 N–H and O–H groups in total. The number of benzene rings is 2. The van der Waals surface area contributed by atoms with Crippen molar-refractivity contribution in [2.75, 3.05) is 20.1 Å². The third-order valence-corrected chi connectivity index (χ3v) is 5.19. The van der Waals surface area contributed by atoms with Crippen molar-refractivity contribution in [3.63, 3.8) is 0 Å². The molecule has 2 atom stereocenters. The number of alkyl halides is 3. The molecule has 0 bridgehead atoms. The van der Waals surface area contributed by atoms with Crippen molar-refractivity contribution in [2.24, 2.45) is 0 Å². The Morgan fingerprint density at radius 2 is 1.80 bits per heavy atom. The minimum absolute atomic E-state index is 0.0645. The summed E-state index contributed by atoms with van der Waals surface area (Å²) in [5.74, 6) is 0.744. The summed E-state index contributed by atoms with van der Waals surface area (Å²) in [6, 6.07) is 12.1. The predicted octanol–water partition coefficient (Wildman–Crippen LogP) is 4.71. The third-order valence-electron chi connectivity index (χ3n) is 5.19. The van der Waals surface area contributed by atoms with Crippen molar-refractivity contribution in [2.45, 2.75) is 24.6 Å². The molecule has 2 unspecified atom stereocenters. The number of hydrogen-bond donors (Lipinski definition) is 1. The standard InChI is InChI=1S/C21H20F4N4O/c1-29-11-15(13-5-7-18(8-6-13)30-21(23,24)25)9-16(12-29)20-26-19(27-28-20)14-3-2-4-17(22)10-14/h2-8,10,15-16H,9,11-12H2,1H3,(H,26,27,28). The van der Waals surface area contributed by atoms with Gasteiger partial charge in [-0.15, -0.1) is 13.2 Å². The van der Waals surface area contributed by atoms with Gasteiger partial charge in [0.05, 0.1) is 0 Å². The van der Waals surface area contributed by atoms with E-state index in [9.17, 15) is 17.6 Å². The van der Waals surface area contributed by atoms with Crippen molar-refractivity contribution in [3.8, 4) is 17.1 Å². The van der Waals surface area contributed by atoms with E-state index in [1.165, 1.54) is 24.3 Å². The van der Waals surface area contributed by atoms with Crippen LogP contribution in [0.15, 0.2) is 48.5 Å². The van der Waals surface area contributed by atoms with E-state index in [4.69, 9.17) is 0 Å². The van der Waals surface area contributed by atoms with Gasteiger partial charge in [0, 0.05) is 24.6 Å². The molecule has 1 aromatic heterocycles. The van der Waals surface area contributed by atoms with Gasteiger partial charge < -0.3 is 9.64 Å². The maximum absolute atomic E-state index is 13.5. The Bertz CT molecular complexity index is 1000. The number of nitrogens with one attached hydrogen (secondary N) is 1. The lowest BCUT2D eigenvalue weighted by atomic mass is 9.84. The van der Waals surface area contributed by atoms with Crippen molar-refractivity contribution < 1.29 is 22.3 Å². The van der Waals surface area contributed by atoms with Crippen molar-refractivity contribution in [1.82, 2.24) is 20.1 Å². The topological polar surface area (TPSA) is 54.0 Å². The van der Waals surface area contributed by atoms with E-state index in [-0.39, 0.29) is 23.4 Å². The number of aromatic amines is 1. The Kier molecular flexibility index (Phi) is 5.46. The van der Waals surface area contributed by atoms with Crippen LogP contribution in [0.5, 0.6) is 5.75 Å². The zero-order chi connectivity index (χ0) is 21.3. The summed E-state index contributed by atoms with van der Waals surface area (Å²) >= 11 is 0. The molecule has 0 spiro atoms. The average Bonchev–Trinajstić information content (AvgIpc) is 3.17. The van der Waals surface area contributed by atoms with Gasteiger partial charge in [-0.25, -0.2) is 9.37 Å². The molecule has 9 heteroatoms. The number of nitrogens with zero attached hydrogens (tertiary/aromatic N) is 3. The van der Waals surface area contributed by atoms with Crippen LogP contribution < -0.4 is 4.74 Å². The van der Waals surface area contributed by atoms with Gasteiger partial charge in [0.25, 0.3) is 0 Å². The highest BCUT2D eigenvalue weighted by Gasteiger charge is 2.32. The van der Waals surface area contributed by atoms with E-state index in [0.717, 1.165) is 25.1 Å². The van der Waals surface area contributed by atoms with Crippen molar-refractivity contribution >= 4 is 0 Å². The first-order valence-corrected chi connectivity index (χ1v) is 9.49. The van der Waals surface area contributed by atoms with Crippen LogP contribution in [0.3, 0.4) is 0 Å². The molecular formula is C21H20F4N4O. The van der Waals surface area contributed by atoms with Gasteiger partial charge in [-0.05, 0) is 49.2 Å². The molecule has 30 heavy (non-hydrogen) atoms. The Morgan fingerprint density at radius 3 is 2.50 bits per heavy atom. The highest BCUT2D eigenvalue weighted by atomic mass is 19.4. The Balaban J connectivity index is 1.50. The van der Waals surface area contributed by atoms with Crippen LogP contribution in [-0.2, 0) is 0 Å². The first kappa shape index (κ1) is 20.3. The molecule has 5 nitrogen and oxygen atoms in total. The Hall–Kier alpha value is -2.94. The van der Waals surface area contributed by atoms with Gasteiger partial charge >= 0.3 is 6.36 Å². The average molecular weight is 420 g/mol. The number of halogens is 4. The molecule has 0 saturated carbocycles. The van der Waals surface area contributed by atoms with Crippen LogP contribution in [0.4, 0.5) is 17.6 Å². The lowest BCUT2D eigenvalue weighted by molar-refractivity contribution is -0.274. The van der Waals surface area contributed by atoms with Gasteiger partial charge in [0.15, 0.2) is 5.82 Å². The molecule has 0 radical (unpaired) electrons. The van der Waals surface area contributed by atoms with E-state index >= 15 is 0 Å². The van der Waals surface area contributed by atoms with Crippen molar-refractivity contribution in [3.05, 3.63) is 65.7 Å². The second-order valence-corrected chi connectivity index (χ2v) is 7.52. The number of hydrogen-bond acceptors (Lipinski definition) is 4. The maximum atomic E-state index is 13.5. The summed E-state index contributed by atoms with van der Waals surface area (Å²) in [5, 5.41) is 7.19. The van der Waals surface area contributed by atoms with Crippen LogP contribution in [0.25, 0.3) is 11.4 Å².